The van der Waals surface area contributed by atoms with Crippen LogP contribution in [-0.2, 0) is 5.41 Å². The van der Waals surface area contributed by atoms with Crippen LogP contribution in [0.15, 0.2) is 246 Å². The maximum Gasteiger partial charge on any atom is 0.0765 e. The van der Waals surface area contributed by atoms with Gasteiger partial charge in [0.25, 0.3) is 0 Å². The smallest absolute Gasteiger partial charge is 0.0765 e. The second-order valence-corrected chi connectivity index (χ2v) is 18.3. The van der Waals surface area contributed by atoms with Gasteiger partial charge in [0, 0.05) is 54.1 Å². The summed E-state index contributed by atoms with van der Waals surface area (Å²) in [4.78, 5) is 4.94. The van der Waals surface area contributed by atoms with Gasteiger partial charge in [-0.1, -0.05) is 163 Å². The summed E-state index contributed by atoms with van der Waals surface area (Å²) in [5, 5.41) is 5.07. The molecule has 3 nitrogen and oxygen atoms in total. The molecule has 12 aromatic rings. The molecule has 1 unspecified atom stereocenters. The van der Waals surface area contributed by atoms with Crippen LogP contribution in [0.5, 0.6) is 0 Å². The molecule has 1 atom stereocenters. The molecule has 0 fully saturated rings. The third-order valence-electron chi connectivity index (χ3n) is 13.9. The minimum atomic E-state index is -0.566. The maximum atomic E-state index is 2.54. The molecule has 65 heavy (non-hydrogen) atoms. The molecule has 4 heterocycles. The Morgan fingerprint density at radius 1 is 0.338 bits per heavy atom. The zero-order valence-corrected chi connectivity index (χ0v) is 36.1. The van der Waals surface area contributed by atoms with Crippen LogP contribution in [0.3, 0.4) is 0 Å². The average molecular weight is 846 g/mol. The molecule has 10 aromatic carbocycles. The minimum Gasteiger partial charge on any atom is -0.311 e. The number of anilines is 3. The summed E-state index contributed by atoms with van der Waals surface area (Å²) in [5.41, 5.74) is 17.7. The van der Waals surface area contributed by atoms with E-state index in [2.05, 4.69) is 251 Å². The lowest BCUT2D eigenvalue weighted by molar-refractivity contribution is 0.690. The van der Waals surface area contributed by atoms with Crippen LogP contribution < -0.4 is 4.90 Å². The number of nitrogens with zero attached hydrogens (tertiary/aromatic N) is 3. The highest BCUT2D eigenvalue weighted by Crippen LogP contribution is 2.61. The Hall–Kier alpha value is -8.05. The lowest BCUT2D eigenvalue weighted by Crippen LogP contribution is -2.37. The van der Waals surface area contributed by atoms with Crippen molar-refractivity contribution in [2.45, 2.75) is 15.2 Å². The topological polar surface area (TPSA) is 13.1 Å². The first-order valence-corrected chi connectivity index (χ1v) is 23.2. The van der Waals surface area contributed by atoms with Crippen LogP contribution in [0.25, 0.3) is 66.1 Å². The summed E-state index contributed by atoms with van der Waals surface area (Å²) in [5.74, 6) is 0. The third kappa shape index (κ3) is 5.14. The first-order valence-electron chi connectivity index (χ1n) is 22.3. The van der Waals surface area contributed by atoms with Crippen molar-refractivity contribution in [2.75, 3.05) is 4.90 Å². The van der Waals surface area contributed by atoms with Gasteiger partial charge < -0.3 is 14.0 Å². The van der Waals surface area contributed by atoms with Gasteiger partial charge >= 0.3 is 0 Å². The molecular formula is C61H39N3S. The summed E-state index contributed by atoms with van der Waals surface area (Å²) in [6.45, 7) is 0. The molecule has 2 aromatic heterocycles. The van der Waals surface area contributed by atoms with Gasteiger partial charge in [-0.05, 0) is 118 Å². The van der Waals surface area contributed by atoms with Gasteiger partial charge in [0.05, 0.1) is 33.2 Å². The van der Waals surface area contributed by atoms with Crippen LogP contribution in [0, 0.1) is 0 Å². The van der Waals surface area contributed by atoms with Gasteiger partial charge in [-0.25, -0.2) is 0 Å². The van der Waals surface area contributed by atoms with Gasteiger partial charge in [0.15, 0.2) is 0 Å². The van der Waals surface area contributed by atoms with Crippen LogP contribution >= 0.6 is 11.8 Å². The van der Waals surface area contributed by atoms with Gasteiger partial charge in [-0.15, -0.1) is 0 Å². The van der Waals surface area contributed by atoms with Crippen molar-refractivity contribution >= 4 is 72.4 Å². The van der Waals surface area contributed by atoms with Crippen LogP contribution in [0.4, 0.5) is 17.1 Å². The molecule has 0 saturated heterocycles. The highest BCUT2D eigenvalue weighted by molar-refractivity contribution is 7.99. The Morgan fingerprint density at radius 3 is 1.66 bits per heavy atom. The average Bonchev–Trinajstić information content (AvgIpc) is 3.89. The number of aromatic nitrogens is 2. The zero-order valence-electron chi connectivity index (χ0n) is 35.3. The van der Waals surface area contributed by atoms with Crippen LogP contribution in [0.1, 0.15) is 22.3 Å². The normalized spacial score (nSPS) is 14.8. The molecule has 0 amide bonds. The monoisotopic (exact) mass is 845 g/mol. The SMILES string of the molecule is c1ccc(-c2ccc(N(c3ccccc3)c3ccc(-n4c5ccccc5c5cc6c(cc54)C4(c5ccccc5S6)c5ccccc5-n5c6ccccc6c6cccc4c65)cc3)cc2)cc1. The molecule has 1 spiro atoms. The molecule has 0 N–H and O–H groups in total. The fourth-order valence-electron chi connectivity index (χ4n) is 11.3. The Balaban J connectivity index is 0.995. The van der Waals surface area contributed by atoms with E-state index in [1.165, 1.54) is 92.5 Å². The fraction of sp³-hybridized carbons (Fsp3) is 0.0164. The zero-order chi connectivity index (χ0) is 42.6. The number of benzene rings is 10. The molecule has 304 valence electrons. The van der Waals surface area contributed by atoms with E-state index < -0.39 is 5.41 Å². The van der Waals surface area contributed by atoms with Gasteiger partial charge in [-0.2, -0.15) is 0 Å². The minimum absolute atomic E-state index is 0.566. The number of hydrogen-bond acceptors (Lipinski definition) is 2. The number of fused-ring (bicyclic) bond motifs is 14. The van der Waals surface area contributed by atoms with Crippen LogP contribution in [-0.4, -0.2) is 9.13 Å². The van der Waals surface area contributed by atoms with E-state index in [0.717, 1.165) is 22.7 Å². The highest BCUT2D eigenvalue weighted by Gasteiger charge is 2.49. The van der Waals surface area contributed by atoms with Crippen molar-refractivity contribution < 1.29 is 0 Å². The van der Waals surface area contributed by atoms with Crippen molar-refractivity contribution in [3.63, 3.8) is 0 Å². The van der Waals surface area contributed by atoms with E-state index in [-0.39, 0.29) is 0 Å². The van der Waals surface area contributed by atoms with E-state index in [0.29, 0.717) is 0 Å². The van der Waals surface area contributed by atoms with Crippen LogP contribution in [0.2, 0.25) is 0 Å². The summed E-state index contributed by atoms with van der Waals surface area (Å²) in [7, 11) is 0. The Labute approximate surface area is 381 Å². The van der Waals surface area contributed by atoms with Crippen molar-refractivity contribution in [2.24, 2.45) is 0 Å². The van der Waals surface area contributed by atoms with Crippen molar-refractivity contribution in [3.05, 3.63) is 259 Å². The molecule has 0 saturated carbocycles. The first kappa shape index (κ1) is 36.4. The molecule has 2 aliphatic heterocycles. The van der Waals surface area contributed by atoms with Gasteiger partial charge in [0.1, 0.15) is 0 Å². The van der Waals surface area contributed by atoms with E-state index in [9.17, 15) is 0 Å². The lowest BCUT2D eigenvalue weighted by Gasteiger charge is -2.45. The Bertz CT molecular complexity index is 3850. The molecule has 0 aliphatic carbocycles. The Morgan fingerprint density at radius 2 is 0.892 bits per heavy atom. The highest BCUT2D eigenvalue weighted by atomic mass is 32.2. The van der Waals surface area contributed by atoms with E-state index in [1.807, 2.05) is 11.8 Å². The van der Waals surface area contributed by atoms with E-state index in [4.69, 9.17) is 0 Å². The standard InChI is InChI=1S/C61H39N3S/c1-3-16-40(17-4-1)41-30-32-43(33-31-41)62(42-18-5-2-6-19-42)44-34-36-45(37-35-44)63-54-26-11-8-21-47(54)49-38-59-53(39-57(49)63)61(51-24-10-14-29-58(51)65-59)50-23-9-13-28-56(50)64-55-27-12-7-20-46(55)48-22-15-25-52(61)60(48)64/h1-39H. The second-order valence-electron chi connectivity index (χ2n) is 17.2. The first-order chi connectivity index (χ1) is 32.3. The fourth-order valence-corrected chi connectivity index (χ4v) is 12.5. The maximum absolute atomic E-state index is 2.54. The van der Waals surface area contributed by atoms with Crippen molar-refractivity contribution in [3.8, 4) is 22.5 Å². The van der Waals surface area contributed by atoms with Crippen molar-refractivity contribution in [1.29, 1.82) is 0 Å². The summed E-state index contributed by atoms with van der Waals surface area (Å²) in [6.07, 6.45) is 0. The number of hydrogen-bond donors (Lipinski definition) is 0. The molecule has 4 heteroatoms. The third-order valence-corrected chi connectivity index (χ3v) is 15.1. The predicted octanol–water partition coefficient (Wildman–Crippen LogP) is 16.2. The summed E-state index contributed by atoms with van der Waals surface area (Å²) < 4.78 is 5.01. The summed E-state index contributed by atoms with van der Waals surface area (Å²) >= 11 is 1.91. The lowest BCUT2D eigenvalue weighted by atomic mass is 9.62. The summed E-state index contributed by atoms with van der Waals surface area (Å²) in [6, 6.07) is 87.4. The van der Waals surface area contributed by atoms with Gasteiger partial charge in [-0.3, -0.25) is 0 Å². The molecule has 2 aliphatic rings. The molecular weight excluding hydrogens is 807 g/mol. The largest absolute Gasteiger partial charge is 0.311 e. The number of rotatable bonds is 5. The molecule has 0 radical (unpaired) electrons. The Kier molecular flexibility index (Phi) is 7.83. The predicted molar refractivity (Wildman–Crippen MR) is 271 cm³/mol. The quantitative estimate of drug-likeness (QED) is 0.171. The van der Waals surface area contributed by atoms with Gasteiger partial charge in [0.2, 0.25) is 0 Å². The second kappa shape index (κ2) is 14.0. The number of para-hydroxylation sites is 5. The molecule has 0 bridgehead atoms. The molecule has 14 rings (SSSR count). The van der Waals surface area contributed by atoms with E-state index in [1.54, 1.807) is 0 Å². The van der Waals surface area contributed by atoms with E-state index >= 15 is 0 Å². The van der Waals surface area contributed by atoms with Crippen molar-refractivity contribution in [1.82, 2.24) is 9.13 Å².